The monoisotopic (exact) mass is 394 g/mol. The lowest BCUT2D eigenvalue weighted by atomic mass is 10.0. The summed E-state index contributed by atoms with van der Waals surface area (Å²) in [6.07, 6.45) is -0.442. The summed E-state index contributed by atoms with van der Waals surface area (Å²) < 4.78 is 0. The molecule has 0 radical (unpaired) electrons. The fourth-order valence-electron chi connectivity index (χ4n) is 2.23. The number of nitro benzene ring substituents is 1. The van der Waals surface area contributed by atoms with Gasteiger partial charge in [0.2, 0.25) is 5.91 Å². The van der Waals surface area contributed by atoms with Crippen LogP contribution in [0.4, 0.5) is 5.69 Å². The summed E-state index contributed by atoms with van der Waals surface area (Å²) in [5.41, 5.74) is -0.0333. The molecule has 0 aromatic heterocycles. The first-order chi connectivity index (χ1) is 12.4. The van der Waals surface area contributed by atoms with Crippen LogP contribution in [0, 0.1) is 10.1 Å². The standard InChI is InChI=1S/C17H15ClN2O5S/c18-14-7-6-11(20(24)25)8-13(14)15(9-17(22)23)19-16(21)10-26-12-4-2-1-3-5-12/h1-8,15H,9-10H2,(H,19,21)(H,22,23)/t15-/m0/s1. The molecule has 2 aromatic carbocycles. The lowest BCUT2D eigenvalue weighted by Gasteiger charge is -2.18. The lowest BCUT2D eigenvalue weighted by molar-refractivity contribution is -0.384. The largest absolute Gasteiger partial charge is 0.481 e. The van der Waals surface area contributed by atoms with E-state index < -0.39 is 29.3 Å². The summed E-state index contributed by atoms with van der Waals surface area (Å²) in [6, 6.07) is 12.0. The molecule has 0 saturated carbocycles. The number of carbonyl (C=O) groups excluding carboxylic acids is 1. The minimum absolute atomic E-state index is 0.0761. The second kappa shape index (κ2) is 9.21. The summed E-state index contributed by atoms with van der Waals surface area (Å²) in [5.74, 6) is -1.48. The van der Waals surface area contributed by atoms with Crippen LogP contribution in [0.15, 0.2) is 53.4 Å². The molecule has 1 atom stereocenters. The zero-order valence-corrected chi connectivity index (χ0v) is 15.0. The van der Waals surface area contributed by atoms with E-state index >= 15 is 0 Å². The molecular weight excluding hydrogens is 380 g/mol. The molecule has 0 heterocycles. The number of benzene rings is 2. The van der Waals surface area contributed by atoms with Crippen LogP contribution < -0.4 is 5.32 Å². The molecular formula is C17H15ClN2O5S. The average molecular weight is 395 g/mol. The predicted octanol–water partition coefficient (Wildman–Crippen LogP) is 3.67. The molecule has 0 aliphatic carbocycles. The third-order valence-electron chi connectivity index (χ3n) is 3.39. The summed E-state index contributed by atoms with van der Waals surface area (Å²) in [4.78, 5) is 34.6. The van der Waals surface area contributed by atoms with E-state index in [9.17, 15) is 19.7 Å². The normalized spacial score (nSPS) is 11.6. The van der Waals surface area contributed by atoms with Crippen molar-refractivity contribution in [2.75, 3.05) is 5.75 Å². The number of hydrogen-bond acceptors (Lipinski definition) is 5. The first kappa shape index (κ1) is 19.7. The molecule has 0 aliphatic heterocycles. The molecule has 0 saturated heterocycles. The van der Waals surface area contributed by atoms with Gasteiger partial charge >= 0.3 is 5.97 Å². The van der Waals surface area contributed by atoms with E-state index in [0.717, 1.165) is 4.90 Å². The van der Waals surface area contributed by atoms with Crippen molar-refractivity contribution in [1.82, 2.24) is 5.32 Å². The SMILES string of the molecule is O=C(O)C[C@H](NC(=O)CSc1ccccc1)c1cc([N+](=O)[O-])ccc1Cl. The Morgan fingerprint density at radius 2 is 1.92 bits per heavy atom. The number of carboxylic acid groups (broad SMARTS) is 1. The summed E-state index contributed by atoms with van der Waals surface area (Å²) in [7, 11) is 0. The third kappa shape index (κ3) is 5.75. The molecule has 26 heavy (non-hydrogen) atoms. The molecule has 2 rings (SSSR count). The first-order valence-electron chi connectivity index (χ1n) is 7.49. The smallest absolute Gasteiger partial charge is 0.305 e. The zero-order valence-electron chi connectivity index (χ0n) is 13.4. The molecule has 0 aliphatic rings. The molecule has 0 spiro atoms. The molecule has 0 unspecified atom stereocenters. The fourth-order valence-corrected chi connectivity index (χ4v) is 3.21. The quantitative estimate of drug-likeness (QED) is 0.401. The van der Waals surface area contributed by atoms with Crippen molar-refractivity contribution in [1.29, 1.82) is 0 Å². The van der Waals surface area contributed by atoms with Crippen molar-refractivity contribution in [2.45, 2.75) is 17.4 Å². The van der Waals surface area contributed by atoms with Gasteiger partial charge in [-0.1, -0.05) is 29.8 Å². The van der Waals surface area contributed by atoms with Crippen LogP contribution in [0.25, 0.3) is 0 Å². The van der Waals surface area contributed by atoms with Gasteiger partial charge in [0.25, 0.3) is 5.69 Å². The van der Waals surface area contributed by atoms with Gasteiger partial charge in [-0.15, -0.1) is 11.8 Å². The number of amides is 1. The highest BCUT2D eigenvalue weighted by Gasteiger charge is 2.23. The Morgan fingerprint density at radius 3 is 2.54 bits per heavy atom. The van der Waals surface area contributed by atoms with Gasteiger partial charge < -0.3 is 10.4 Å². The van der Waals surface area contributed by atoms with Gasteiger partial charge in [-0.2, -0.15) is 0 Å². The maximum Gasteiger partial charge on any atom is 0.305 e. The van der Waals surface area contributed by atoms with Crippen LogP contribution in [-0.4, -0.2) is 27.7 Å². The highest BCUT2D eigenvalue weighted by atomic mass is 35.5. The molecule has 136 valence electrons. The van der Waals surface area contributed by atoms with Crippen molar-refractivity contribution in [2.24, 2.45) is 0 Å². The van der Waals surface area contributed by atoms with Crippen molar-refractivity contribution < 1.29 is 19.6 Å². The predicted molar refractivity (Wildman–Crippen MR) is 98.4 cm³/mol. The van der Waals surface area contributed by atoms with E-state index in [0.29, 0.717) is 0 Å². The average Bonchev–Trinajstić information content (AvgIpc) is 2.60. The number of nitrogens with zero attached hydrogens (tertiary/aromatic N) is 1. The Balaban J connectivity index is 2.14. The molecule has 2 N–H and O–H groups in total. The van der Waals surface area contributed by atoms with Crippen LogP contribution >= 0.6 is 23.4 Å². The van der Waals surface area contributed by atoms with Gasteiger partial charge in [0.05, 0.1) is 23.1 Å². The summed E-state index contributed by atoms with van der Waals surface area (Å²) >= 11 is 7.36. The molecule has 7 nitrogen and oxygen atoms in total. The number of thioether (sulfide) groups is 1. The van der Waals surface area contributed by atoms with Crippen molar-refractivity contribution >= 4 is 40.9 Å². The van der Waals surface area contributed by atoms with Crippen molar-refractivity contribution in [3.63, 3.8) is 0 Å². The highest BCUT2D eigenvalue weighted by Crippen LogP contribution is 2.29. The Hall–Kier alpha value is -2.58. The number of aliphatic carboxylic acids is 1. The van der Waals surface area contributed by atoms with E-state index in [1.165, 1.54) is 30.0 Å². The van der Waals surface area contributed by atoms with Gasteiger partial charge in [-0.25, -0.2) is 0 Å². The number of carboxylic acids is 1. The summed E-state index contributed by atoms with van der Waals surface area (Å²) in [5, 5.41) is 22.8. The van der Waals surface area contributed by atoms with E-state index in [-0.39, 0.29) is 22.0 Å². The number of non-ortho nitro benzene ring substituents is 1. The van der Waals surface area contributed by atoms with Gasteiger partial charge in [0, 0.05) is 27.6 Å². The van der Waals surface area contributed by atoms with Gasteiger partial charge in [-0.3, -0.25) is 19.7 Å². The van der Waals surface area contributed by atoms with Crippen LogP contribution in [0.3, 0.4) is 0 Å². The number of nitrogens with one attached hydrogen (secondary N) is 1. The highest BCUT2D eigenvalue weighted by molar-refractivity contribution is 8.00. The molecule has 1 amide bonds. The molecule has 2 aromatic rings. The molecule has 9 heteroatoms. The maximum atomic E-state index is 12.2. The second-order valence-electron chi connectivity index (χ2n) is 5.28. The van der Waals surface area contributed by atoms with Crippen LogP contribution in [0.5, 0.6) is 0 Å². The molecule has 0 fully saturated rings. The number of rotatable bonds is 8. The number of halogens is 1. The Bertz CT molecular complexity index is 816. The lowest BCUT2D eigenvalue weighted by Crippen LogP contribution is -2.31. The van der Waals surface area contributed by atoms with Crippen LogP contribution in [0.2, 0.25) is 5.02 Å². The van der Waals surface area contributed by atoms with Gasteiger partial charge in [-0.05, 0) is 18.2 Å². The minimum Gasteiger partial charge on any atom is -0.481 e. The van der Waals surface area contributed by atoms with E-state index in [1.807, 2.05) is 30.3 Å². The Labute approximate surface area is 158 Å². The van der Waals surface area contributed by atoms with Crippen LogP contribution in [-0.2, 0) is 9.59 Å². The first-order valence-corrected chi connectivity index (χ1v) is 8.86. The topological polar surface area (TPSA) is 110 Å². The maximum absolute atomic E-state index is 12.2. The van der Waals surface area contributed by atoms with E-state index in [4.69, 9.17) is 16.7 Å². The summed E-state index contributed by atoms with van der Waals surface area (Å²) in [6.45, 7) is 0. The van der Waals surface area contributed by atoms with E-state index in [2.05, 4.69) is 5.32 Å². The second-order valence-corrected chi connectivity index (χ2v) is 6.74. The van der Waals surface area contributed by atoms with Gasteiger partial charge in [0.15, 0.2) is 0 Å². The van der Waals surface area contributed by atoms with Crippen molar-refractivity contribution in [3.05, 3.63) is 69.2 Å². The van der Waals surface area contributed by atoms with Crippen LogP contribution in [0.1, 0.15) is 18.0 Å². The van der Waals surface area contributed by atoms with E-state index in [1.54, 1.807) is 0 Å². The minimum atomic E-state index is -1.16. The van der Waals surface area contributed by atoms with Gasteiger partial charge in [0.1, 0.15) is 0 Å². The fraction of sp³-hybridized carbons (Fsp3) is 0.176. The Morgan fingerprint density at radius 1 is 1.23 bits per heavy atom. The van der Waals surface area contributed by atoms with Crippen molar-refractivity contribution in [3.8, 4) is 0 Å². The third-order valence-corrected chi connectivity index (χ3v) is 4.75. The number of nitro groups is 1. The zero-order chi connectivity index (χ0) is 19.1. The number of carbonyl (C=O) groups is 2. The molecule has 0 bridgehead atoms. The number of hydrogen-bond donors (Lipinski definition) is 2. The Kier molecular flexibility index (Phi) is 6.99.